The van der Waals surface area contributed by atoms with Gasteiger partial charge in [-0.1, -0.05) is 41.9 Å². The lowest BCUT2D eigenvalue weighted by molar-refractivity contribution is -0.0419. The monoisotopic (exact) mass is 402 g/mol. The van der Waals surface area contributed by atoms with Crippen LogP contribution >= 0.6 is 11.6 Å². The van der Waals surface area contributed by atoms with Gasteiger partial charge in [0.05, 0.1) is 22.2 Å². The Morgan fingerprint density at radius 3 is 2.36 bits per heavy atom. The van der Waals surface area contributed by atoms with Crippen LogP contribution < -0.4 is 0 Å². The Hall–Kier alpha value is -2.11. The van der Waals surface area contributed by atoms with Crippen molar-refractivity contribution in [2.75, 3.05) is 13.1 Å². The Bertz CT molecular complexity index is 795. The summed E-state index contributed by atoms with van der Waals surface area (Å²) < 4.78 is 5.47. The summed E-state index contributed by atoms with van der Waals surface area (Å²) in [6, 6.07) is 13.5. The summed E-state index contributed by atoms with van der Waals surface area (Å²) in [5, 5.41) is 12.1. The molecule has 0 spiro atoms. The van der Waals surface area contributed by atoms with Crippen molar-refractivity contribution in [3.63, 3.8) is 0 Å². The fourth-order valence-corrected chi connectivity index (χ4v) is 3.76. The second-order valence-electron chi connectivity index (χ2n) is 8.32. The highest BCUT2D eigenvalue weighted by atomic mass is 35.5. The number of pyridine rings is 1. The van der Waals surface area contributed by atoms with Gasteiger partial charge in [0.2, 0.25) is 0 Å². The van der Waals surface area contributed by atoms with Crippen molar-refractivity contribution >= 4 is 17.7 Å². The Kier molecular flexibility index (Phi) is 5.96. The third kappa shape index (κ3) is 4.83. The van der Waals surface area contributed by atoms with Gasteiger partial charge in [-0.3, -0.25) is 4.98 Å². The molecular formula is C22H27ClN2O3. The lowest BCUT2D eigenvalue weighted by Crippen LogP contribution is -2.51. The van der Waals surface area contributed by atoms with Gasteiger partial charge in [0.1, 0.15) is 5.60 Å². The Balaban J connectivity index is 1.83. The first kappa shape index (κ1) is 20.6. The van der Waals surface area contributed by atoms with E-state index in [9.17, 15) is 9.90 Å². The predicted octanol–water partition coefficient (Wildman–Crippen LogP) is 4.63. The smallest absolute Gasteiger partial charge is 0.410 e. The van der Waals surface area contributed by atoms with Gasteiger partial charge in [-0.2, -0.15) is 0 Å². The second kappa shape index (κ2) is 8.10. The molecule has 1 aromatic carbocycles. The average molecular weight is 403 g/mol. The fraction of sp³-hybridized carbons (Fsp3) is 0.455. The summed E-state index contributed by atoms with van der Waals surface area (Å²) in [5.41, 5.74) is 0.208. The van der Waals surface area contributed by atoms with E-state index in [1.54, 1.807) is 17.2 Å². The molecule has 5 nitrogen and oxygen atoms in total. The number of halogens is 1. The quantitative estimate of drug-likeness (QED) is 0.813. The molecule has 0 radical (unpaired) electrons. The zero-order chi connectivity index (χ0) is 20.4. The van der Waals surface area contributed by atoms with Gasteiger partial charge in [0, 0.05) is 19.3 Å². The van der Waals surface area contributed by atoms with Crippen LogP contribution in [0.1, 0.15) is 50.8 Å². The highest BCUT2D eigenvalue weighted by molar-refractivity contribution is 6.30. The lowest BCUT2D eigenvalue weighted by atomic mass is 9.74. The molecule has 2 heterocycles. The number of aromatic nitrogens is 1. The van der Waals surface area contributed by atoms with Crippen LogP contribution in [-0.2, 0) is 4.74 Å². The number of ether oxygens (including phenoxy) is 1. The van der Waals surface area contributed by atoms with Crippen LogP contribution in [0.25, 0.3) is 0 Å². The topological polar surface area (TPSA) is 62.7 Å². The van der Waals surface area contributed by atoms with Crippen molar-refractivity contribution in [1.29, 1.82) is 0 Å². The molecule has 2 aromatic rings. The van der Waals surface area contributed by atoms with Crippen molar-refractivity contribution < 1.29 is 14.6 Å². The minimum atomic E-state index is -1.01. The fourth-order valence-electron chi connectivity index (χ4n) is 3.65. The maximum Gasteiger partial charge on any atom is 0.410 e. The molecule has 1 fully saturated rings. The van der Waals surface area contributed by atoms with Crippen LogP contribution in [0.2, 0.25) is 5.02 Å². The van der Waals surface area contributed by atoms with E-state index in [0.717, 1.165) is 11.3 Å². The van der Waals surface area contributed by atoms with Crippen molar-refractivity contribution in [2.24, 2.45) is 0 Å². The number of rotatable bonds is 3. The van der Waals surface area contributed by atoms with Crippen molar-refractivity contribution in [1.82, 2.24) is 9.88 Å². The Labute approximate surface area is 171 Å². The first-order valence-corrected chi connectivity index (χ1v) is 9.92. The van der Waals surface area contributed by atoms with E-state index in [2.05, 4.69) is 4.98 Å². The summed E-state index contributed by atoms with van der Waals surface area (Å²) >= 11 is 6.01. The van der Waals surface area contributed by atoms with Crippen LogP contribution in [0.3, 0.4) is 0 Å². The molecule has 1 N–H and O–H groups in total. The molecule has 6 heteroatoms. The van der Waals surface area contributed by atoms with Gasteiger partial charge in [-0.15, -0.1) is 0 Å². The average Bonchev–Trinajstić information content (AvgIpc) is 2.63. The molecule has 28 heavy (non-hydrogen) atoms. The SMILES string of the molecule is CC(C)(C)OC(=O)N1CCC(O)([C@H](c2ccccc2)c2ccc(Cl)cn2)CC1. The van der Waals surface area contributed by atoms with E-state index in [1.165, 1.54) is 0 Å². The molecule has 1 atom stereocenters. The predicted molar refractivity (Wildman–Crippen MR) is 110 cm³/mol. The molecule has 150 valence electrons. The highest BCUT2D eigenvalue weighted by Crippen LogP contribution is 2.41. The number of amides is 1. The minimum absolute atomic E-state index is 0.299. The van der Waals surface area contributed by atoms with Gasteiger partial charge in [0.15, 0.2) is 0 Å². The van der Waals surface area contributed by atoms with Crippen LogP contribution in [0.4, 0.5) is 4.79 Å². The summed E-state index contributed by atoms with van der Waals surface area (Å²) in [6.07, 6.45) is 2.15. The van der Waals surface area contributed by atoms with Gasteiger partial charge in [0.25, 0.3) is 0 Å². The van der Waals surface area contributed by atoms with Crippen LogP contribution in [-0.4, -0.2) is 45.4 Å². The van der Waals surface area contributed by atoms with Gasteiger partial charge < -0.3 is 14.7 Å². The summed E-state index contributed by atoms with van der Waals surface area (Å²) in [4.78, 5) is 18.5. The number of benzene rings is 1. The van der Waals surface area contributed by atoms with E-state index in [0.29, 0.717) is 31.0 Å². The van der Waals surface area contributed by atoms with Gasteiger partial charge in [-0.05, 0) is 51.3 Å². The van der Waals surface area contributed by atoms with E-state index in [1.807, 2.05) is 57.2 Å². The van der Waals surface area contributed by atoms with Crippen LogP contribution in [0.5, 0.6) is 0 Å². The normalized spacial score (nSPS) is 17.8. The number of hydrogen-bond donors (Lipinski definition) is 1. The summed E-state index contributed by atoms with van der Waals surface area (Å²) in [7, 11) is 0. The molecule has 0 bridgehead atoms. The van der Waals surface area contributed by atoms with Crippen molar-refractivity contribution in [3.05, 3.63) is 64.9 Å². The molecule has 1 aliphatic heterocycles. The first-order chi connectivity index (χ1) is 13.2. The van der Waals surface area contributed by atoms with Crippen molar-refractivity contribution in [3.8, 4) is 0 Å². The highest BCUT2D eigenvalue weighted by Gasteiger charge is 2.43. The minimum Gasteiger partial charge on any atom is -0.444 e. The first-order valence-electron chi connectivity index (χ1n) is 9.55. The van der Waals surface area contributed by atoms with Crippen molar-refractivity contribution in [2.45, 2.75) is 50.7 Å². The van der Waals surface area contributed by atoms with Crippen LogP contribution in [0, 0.1) is 0 Å². The molecule has 1 aliphatic rings. The molecule has 1 saturated heterocycles. The molecule has 0 unspecified atom stereocenters. The van der Waals surface area contributed by atoms with E-state index < -0.39 is 11.2 Å². The zero-order valence-electron chi connectivity index (χ0n) is 16.6. The second-order valence-corrected chi connectivity index (χ2v) is 8.75. The number of hydrogen-bond acceptors (Lipinski definition) is 4. The third-order valence-electron chi connectivity index (χ3n) is 5.00. The molecule has 0 aliphatic carbocycles. The van der Waals surface area contributed by atoms with E-state index in [-0.39, 0.29) is 12.0 Å². The van der Waals surface area contributed by atoms with Gasteiger partial charge in [-0.25, -0.2) is 4.79 Å². The zero-order valence-corrected chi connectivity index (χ0v) is 17.3. The molecular weight excluding hydrogens is 376 g/mol. The Morgan fingerprint density at radius 1 is 1.18 bits per heavy atom. The van der Waals surface area contributed by atoms with Crippen LogP contribution in [0.15, 0.2) is 48.7 Å². The molecule has 1 aromatic heterocycles. The molecule has 0 saturated carbocycles. The number of piperidine rings is 1. The third-order valence-corrected chi connectivity index (χ3v) is 5.22. The maximum absolute atomic E-state index is 12.4. The number of nitrogens with zero attached hydrogens (tertiary/aromatic N) is 2. The maximum atomic E-state index is 12.4. The molecule has 3 rings (SSSR count). The molecule has 1 amide bonds. The number of carbonyl (C=O) groups is 1. The Morgan fingerprint density at radius 2 is 1.82 bits per heavy atom. The summed E-state index contributed by atoms with van der Waals surface area (Å²) in [5.74, 6) is -0.299. The van der Waals surface area contributed by atoms with E-state index in [4.69, 9.17) is 16.3 Å². The van der Waals surface area contributed by atoms with E-state index >= 15 is 0 Å². The number of aliphatic hydroxyl groups is 1. The summed E-state index contributed by atoms with van der Waals surface area (Å²) in [6.45, 7) is 6.42. The number of carbonyl (C=O) groups excluding carboxylic acids is 1. The standard InChI is InChI=1S/C22H27ClN2O3/c1-21(2,3)28-20(26)25-13-11-22(27,12-14-25)19(16-7-5-4-6-8-16)18-10-9-17(23)15-24-18/h4-10,15,19,27H,11-14H2,1-3H3/t19-/m1/s1. The largest absolute Gasteiger partial charge is 0.444 e. The number of likely N-dealkylation sites (tertiary alicyclic amines) is 1. The lowest BCUT2D eigenvalue weighted by Gasteiger charge is -2.43. The van der Waals surface area contributed by atoms with Gasteiger partial charge >= 0.3 is 6.09 Å².